The van der Waals surface area contributed by atoms with Crippen LogP contribution in [0, 0.1) is 0 Å². The molecule has 1 unspecified atom stereocenters. The van der Waals surface area contributed by atoms with E-state index < -0.39 is 0 Å². The van der Waals surface area contributed by atoms with Gasteiger partial charge in [0.15, 0.2) is 0 Å². The third-order valence-electron chi connectivity index (χ3n) is 2.07. The SMILES string of the molecule is CCOc1cccc(C(Cl)CCC=O)c1. The van der Waals surface area contributed by atoms with Crippen LogP contribution in [0.5, 0.6) is 5.75 Å². The number of alkyl halides is 1. The van der Waals surface area contributed by atoms with Crippen LogP contribution in [0.1, 0.15) is 30.7 Å². The minimum Gasteiger partial charge on any atom is -0.494 e. The van der Waals surface area contributed by atoms with Gasteiger partial charge in [-0.25, -0.2) is 0 Å². The first kappa shape index (κ1) is 12.1. The lowest BCUT2D eigenvalue weighted by Crippen LogP contribution is -1.95. The highest BCUT2D eigenvalue weighted by Crippen LogP contribution is 2.27. The highest BCUT2D eigenvalue weighted by molar-refractivity contribution is 6.20. The molecule has 15 heavy (non-hydrogen) atoms. The summed E-state index contributed by atoms with van der Waals surface area (Å²) in [5.74, 6) is 0.826. The normalized spacial score (nSPS) is 12.1. The average Bonchev–Trinajstić information content (AvgIpc) is 2.27. The Bertz CT molecular complexity index is 312. The Labute approximate surface area is 95.2 Å². The van der Waals surface area contributed by atoms with Crippen molar-refractivity contribution in [1.29, 1.82) is 0 Å². The molecule has 0 aromatic heterocycles. The Balaban J connectivity index is 2.66. The molecule has 0 radical (unpaired) electrons. The maximum Gasteiger partial charge on any atom is 0.120 e. The number of ether oxygens (including phenoxy) is 1. The van der Waals surface area contributed by atoms with Crippen LogP contribution in [-0.2, 0) is 4.79 Å². The zero-order chi connectivity index (χ0) is 11.1. The monoisotopic (exact) mass is 226 g/mol. The minimum atomic E-state index is -0.115. The first-order valence-corrected chi connectivity index (χ1v) is 5.52. The van der Waals surface area contributed by atoms with E-state index in [2.05, 4.69) is 0 Å². The number of carbonyl (C=O) groups is 1. The molecule has 0 heterocycles. The van der Waals surface area contributed by atoms with E-state index in [4.69, 9.17) is 16.3 Å². The molecule has 1 aromatic carbocycles. The highest BCUT2D eigenvalue weighted by atomic mass is 35.5. The zero-order valence-corrected chi connectivity index (χ0v) is 9.54. The molecule has 0 amide bonds. The molecule has 3 heteroatoms. The summed E-state index contributed by atoms with van der Waals surface area (Å²) in [4.78, 5) is 10.2. The number of hydrogen-bond donors (Lipinski definition) is 0. The minimum absolute atomic E-state index is 0.115. The second-order valence-corrected chi connectivity index (χ2v) is 3.74. The molecule has 1 rings (SSSR count). The summed E-state index contributed by atoms with van der Waals surface area (Å²) in [6.45, 7) is 2.59. The fourth-order valence-electron chi connectivity index (χ4n) is 1.35. The van der Waals surface area contributed by atoms with Crippen molar-refractivity contribution in [2.75, 3.05) is 6.61 Å². The van der Waals surface area contributed by atoms with Crippen molar-refractivity contribution in [3.63, 3.8) is 0 Å². The smallest absolute Gasteiger partial charge is 0.120 e. The van der Waals surface area contributed by atoms with E-state index in [-0.39, 0.29) is 5.38 Å². The number of hydrogen-bond acceptors (Lipinski definition) is 2. The van der Waals surface area contributed by atoms with E-state index in [1.807, 2.05) is 31.2 Å². The summed E-state index contributed by atoms with van der Waals surface area (Å²) < 4.78 is 5.37. The number of carbonyl (C=O) groups excluding carboxylic acids is 1. The van der Waals surface area contributed by atoms with Crippen LogP contribution in [-0.4, -0.2) is 12.9 Å². The second kappa shape index (κ2) is 6.46. The van der Waals surface area contributed by atoms with Gasteiger partial charge in [-0.2, -0.15) is 0 Å². The molecule has 1 aromatic rings. The van der Waals surface area contributed by atoms with E-state index >= 15 is 0 Å². The van der Waals surface area contributed by atoms with Crippen molar-refractivity contribution in [3.05, 3.63) is 29.8 Å². The van der Waals surface area contributed by atoms with Crippen molar-refractivity contribution in [1.82, 2.24) is 0 Å². The van der Waals surface area contributed by atoms with E-state index in [0.717, 1.165) is 17.6 Å². The van der Waals surface area contributed by atoms with Crippen LogP contribution in [0.25, 0.3) is 0 Å². The summed E-state index contributed by atoms with van der Waals surface area (Å²) in [6.07, 6.45) is 2.05. The van der Waals surface area contributed by atoms with Gasteiger partial charge in [0, 0.05) is 6.42 Å². The first-order chi connectivity index (χ1) is 7.27. The van der Waals surface area contributed by atoms with Crippen LogP contribution in [0.3, 0.4) is 0 Å². The van der Waals surface area contributed by atoms with E-state index in [0.29, 0.717) is 19.4 Å². The van der Waals surface area contributed by atoms with Crippen molar-refractivity contribution < 1.29 is 9.53 Å². The summed E-state index contributed by atoms with van der Waals surface area (Å²) in [5.41, 5.74) is 1.00. The third kappa shape index (κ3) is 3.92. The summed E-state index contributed by atoms with van der Waals surface area (Å²) in [6, 6.07) is 7.68. The molecule has 0 saturated carbocycles. The van der Waals surface area contributed by atoms with Gasteiger partial charge in [0.25, 0.3) is 0 Å². The second-order valence-electron chi connectivity index (χ2n) is 3.22. The van der Waals surface area contributed by atoms with Crippen LogP contribution in [0.2, 0.25) is 0 Å². The number of halogens is 1. The number of rotatable bonds is 6. The van der Waals surface area contributed by atoms with Crippen molar-refractivity contribution in [3.8, 4) is 5.75 Å². The van der Waals surface area contributed by atoms with Crippen molar-refractivity contribution in [2.24, 2.45) is 0 Å². The lowest BCUT2D eigenvalue weighted by Gasteiger charge is -2.10. The van der Waals surface area contributed by atoms with E-state index in [1.54, 1.807) is 0 Å². The lowest BCUT2D eigenvalue weighted by molar-refractivity contribution is -0.107. The maximum atomic E-state index is 10.2. The molecular formula is C12H15ClO2. The molecule has 0 bridgehead atoms. The summed E-state index contributed by atoms with van der Waals surface area (Å²) in [7, 11) is 0. The number of aldehydes is 1. The molecule has 82 valence electrons. The van der Waals surface area contributed by atoms with Crippen molar-refractivity contribution >= 4 is 17.9 Å². The molecule has 2 nitrogen and oxygen atoms in total. The summed E-state index contributed by atoms with van der Waals surface area (Å²) >= 11 is 6.14. The molecule has 0 fully saturated rings. The van der Waals surface area contributed by atoms with Gasteiger partial charge in [0.05, 0.1) is 12.0 Å². The fraction of sp³-hybridized carbons (Fsp3) is 0.417. The van der Waals surface area contributed by atoms with Gasteiger partial charge in [-0.05, 0) is 31.0 Å². The zero-order valence-electron chi connectivity index (χ0n) is 8.78. The molecular weight excluding hydrogens is 212 g/mol. The molecule has 0 aliphatic rings. The van der Waals surface area contributed by atoms with Crippen LogP contribution in [0.4, 0.5) is 0 Å². The Morgan fingerprint density at radius 3 is 3.00 bits per heavy atom. The molecule has 1 atom stereocenters. The fourth-order valence-corrected chi connectivity index (χ4v) is 1.61. The number of benzene rings is 1. The molecule has 0 saturated heterocycles. The van der Waals surface area contributed by atoms with Gasteiger partial charge in [0.2, 0.25) is 0 Å². The quantitative estimate of drug-likeness (QED) is 0.549. The molecule has 0 N–H and O–H groups in total. The topological polar surface area (TPSA) is 26.3 Å². The predicted octanol–water partition coefficient (Wildman–Crippen LogP) is 3.34. The molecule has 0 aliphatic heterocycles. The largest absolute Gasteiger partial charge is 0.494 e. The lowest BCUT2D eigenvalue weighted by atomic mass is 10.1. The van der Waals surface area contributed by atoms with Crippen LogP contribution in [0.15, 0.2) is 24.3 Å². The first-order valence-electron chi connectivity index (χ1n) is 5.08. The van der Waals surface area contributed by atoms with Crippen LogP contribution < -0.4 is 4.74 Å². The van der Waals surface area contributed by atoms with Gasteiger partial charge in [0.1, 0.15) is 12.0 Å². The standard InChI is InChI=1S/C12H15ClO2/c1-2-15-11-6-3-5-10(9-11)12(13)7-4-8-14/h3,5-6,8-9,12H,2,4,7H2,1H3. The Kier molecular flexibility index (Phi) is 5.19. The predicted molar refractivity (Wildman–Crippen MR) is 61.5 cm³/mol. The van der Waals surface area contributed by atoms with Gasteiger partial charge >= 0.3 is 0 Å². The van der Waals surface area contributed by atoms with Gasteiger partial charge in [-0.3, -0.25) is 0 Å². The Morgan fingerprint density at radius 2 is 2.33 bits per heavy atom. The van der Waals surface area contributed by atoms with Gasteiger partial charge in [-0.1, -0.05) is 12.1 Å². The van der Waals surface area contributed by atoms with Crippen LogP contribution >= 0.6 is 11.6 Å². The molecule has 0 spiro atoms. The maximum absolute atomic E-state index is 10.2. The van der Waals surface area contributed by atoms with E-state index in [1.165, 1.54) is 0 Å². The Morgan fingerprint density at radius 1 is 1.53 bits per heavy atom. The van der Waals surface area contributed by atoms with E-state index in [9.17, 15) is 4.79 Å². The highest BCUT2D eigenvalue weighted by Gasteiger charge is 2.07. The average molecular weight is 227 g/mol. The third-order valence-corrected chi connectivity index (χ3v) is 2.54. The van der Waals surface area contributed by atoms with Gasteiger partial charge in [-0.15, -0.1) is 11.6 Å². The van der Waals surface area contributed by atoms with Crippen molar-refractivity contribution in [2.45, 2.75) is 25.1 Å². The van der Waals surface area contributed by atoms with Gasteiger partial charge < -0.3 is 9.53 Å². The Hall–Kier alpha value is -1.02. The molecule has 0 aliphatic carbocycles. The summed E-state index contributed by atoms with van der Waals surface area (Å²) in [5, 5.41) is -0.115.